The SMILES string of the molecule is CCCCCC[N+]1=C(/C=C/Nc2ccccc2)C(C)(C)c2ccccc21. The zero-order chi connectivity index (χ0) is 18.4. The van der Waals surface area contributed by atoms with Crippen LogP contribution in [0.4, 0.5) is 11.4 Å². The Kier molecular flexibility index (Phi) is 5.92. The Hall–Kier alpha value is -2.35. The van der Waals surface area contributed by atoms with Crippen molar-refractivity contribution in [3.63, 3.8) is 0 Å². The average molecular weight is 348 g/mol. The van der Waals surface area contributed by atoms with Crippen LogP contribution in [0.2, 0.25) is 0 Å². The van der Waals surface area contributed by atoms with E-state index in [4.69, 9.17) is 0 Å². The molecule has 0 spiro atoms. The highest BCUT2D eigenvalue weighted by Gasteiger charge is 2.43. The summed E-state index contributed by atoms with van der Waals surface area (Å²) < 4.78 is 2.52. The monoisotopic (exact) mass is 347 g/mol. The van der Waals surface area contributed by atoms with E-state index in [0.29, 0.717) is 0 Å². The summed E-state index contributed by atoms with van der Waals surface area (Å²) in [6.07, 6.45) is 9.47. The molecule has 136 valence electrons. The smallest absolute Gasteiger partial charge is 0.209 e. The lowest BCUT2D eigenvalue weighted by Gasteiger charge is -2.15. The number of unbranched alkanes of at least 4 members (excludes halogenated alkanes) is 3. The van der Waals surface area contributed by atoms with Gasteiger partial charge in [-0.25, -0.2) is 0 Å². The van der Waals surface area contributed by atoms with Gasteiger partial charge in [0.05, 0.1) is 5.41 Å². The molecule has 0 bridgehead atoms. The molecule has 0 fully saturated rings. The topological polar surface area (TPSA) is 15.0 Å². The first-order valence-electron chi connectivity index (χ1n) is 9.87. The summed E-state index contributed by atoms with van der Waals surface area (Å²) in [5, 5.41) is 3.40. The number of allylic oxidation sites excluding steroid dienone is 1. The van der Waals surface area contributed by atoms with Crippen molar-refractivity contribution in [2.24, 2.45) is 0 Å². The molecule has 0 atom stereocenters. The van der Waals surface area contributed by atoms with Gasteiger partial charge in [-0.15, -0.1) is 0 Å². The van der Waals surface area contributed by atoms with Crippen LogP contribution < -0.4 is 5.32 Å². The first kappa shape index (κ1) is 18.4. The van der Waals surface area contributed by atoms with E-state index in [1.807, 2.05) is 6.07 Å². The van der Waals surface area contributed by atoms with Crippen LogP contribution >= 0.6 is 0 Å². The van der Waals surface area contributed by atoms with Crippen molar-refractivity contribution in [1.82, 2.24) is 0 Å². The lowest BCUT2D eigenvalue weighted by atomic mass is 9.81. The van der Waals surface area contributed by atoms with Gasteiger partial charge in [-0.3, -0.25) is 0 Å². The fraction of sp³-hybridized carbons (Fsp3) is 0.375. The Bertz CT molecular complexity index is 785. The van der Waals surface area contributed by atoms with Gasteiger partial charge in [0.1, 0.15) is 6.54 Å². The average Bonchev–Trinajstić information content (AvgIpc) is 2.87. The molecule has 1 aliphatic rings. The van der Waals surface area contributed by atoms with Crippen molar-refractivity contribution >= 4 is 17.1 Å². The minimum Gasteiger partial charge on any atom is -0.361 e. The zero-order valence-electron chi connectivity index (χ0n) is 16.3. The summed E-state index contributed by atoms with van der Waals surface area (Å²) in [7, 11) is 0. The molecule has 2 nitrogen and oxygen atoms in total. The Morgan fingerprint density at radius 1 is 0.923 bits per heavy atom. The van der Waals surface area contributed by atoms with Crippen LogP contribution in [0.25, 0.3) is 0 Å². The van der Waals surface area contributed by atoms with Crippen molar-refractivity contribution in [1.29, 1.82) is 0 Å². The second-order valence-electron chi connectivity index (χ2n) is 7.58. The summed E-state index contributed by atoms with van der Waals surface area (Å²) in [6, 6.07) is 19.2. The highest BCUT2D eigenvalue weighted by Crippen LogP contribution is 2.39. The number of para-hydroxylation sites is 2. The van der Waals surface area contributed by atoms with E-state index in [-0.39, 0.29) is 5.41 Å². The van der Waals surface area contributed by atoms with Crippen LogP contribution in [0, 0.1) is 0 Å². The van der Waals surface area contributed by atoms with Crippen LogP contribution in [-0.4, -0.2) is 16.8 Å². The van der Waals surface area contributed by atoms with Gasteiger partial charge >= 0.3 is 0 Å². The van der Waals surface area contributed by atoms with E-state index in [1.54, 1.807) is 0 Å². The predicted octanol–water partition coefficient (Wildman–Crippen LogP) is 6.27. The van der Waals surface area contributed by atoms with E-state index >= 15 is 0 Å². The maximum Gasteiger partial charge on any atom is 0.209 e. The molecule has 0 unspecified atom stereocenters. The van der Waals surface area contributed by atoms with Gasteiger partial charge in [0.25, 0.3) is 0 Å². The van der Waals surface area contributed by atoms with E-state index in [1.165, 1.54) is 42.6 Å². The zero-order valence-corrected chi connectivity index (χ0v) is 16.3. The highest BCUT2D eigenvalue weighted by atomic mass is 15.1. The summed E-state index contributed by atoms with van der Waals surface area (Å²) in [5.74, 6) is 0. The lowest BCUT2D eigenvalue weighted by molar-refractivity contribution is -0.438. The Morgan fingerprint density at radius 2 is 1.65 bits per heavy atom. The molecule has 1 heterocycles. The fourth-order valence-electron chi connectivity index (χ4n) is 3.83. The second kappa shape index (κ2) is 8.35. The Balaban J connectivity index is 1.86. The number of nitrogens with zero attached hydrogens (tertiary/aromatic N) is 1. The molecule has 1 aliphatic heterocycles. The number of fused-ring (bicyclic) bond motifs is 1. The maximum absolute atomic E-state index is 3.40. The van der Waals surface area contributed by atoms with Crippen molar-refractivity contribution in [2.45, 2.75) is 51.9 Å². The maximum atomic E-state index is 3.40. The van der Waals surface area contributed by atoms with E-state index in [0.717, 1.165) is 12.2 Å². The van der Waals surface area contributed by atoms with Crippen LogP contribution in [0.3, 0.4) is 0 Å². The minimum atomic E-state index is 0.0240. The first-order valence-corrected chi connectivity index (χ1v) is 9.87. The number of rotatable bonds is 8. The van der Waals surface area contributed by atoms with Gasteiger partial charge in [-0.05, 0) is 32.4 Å². The minimum absolute atomic E-state index is 0.0240. The molecular formula is C24H31N2+. The first-order chi connectivity index (χ1) is 12.6. The summed E-state index contributed by atoms with van der Waals surface area (Å²) in [5.41, 5.74) is 5.31. The van der Waals surface area contributed by atoms with Crippen LogP contribution in [-0.2, 0) is 5.41 Å². The molecule has 2 aromatic rings. The van der Waals surface area contributed by atoms with Gasteiger partial charge in [0, 0.05) is 36.0 Å². The van der Waals surface area contributed by atoms with Crippen LogP contribution in [0.5, 0.6) is 0 Å². The standard InChI is InChI=1S/C24H30N2/c1-4-5-6-12-19-26-22-16-11-10-15-21(22)24(2,3)23(26)17-18-25-20-13-8-7-9-14-20/h7-11,13-18H,4-6,12,19H2,1-3H3/p+1. The molecule has 0 saturated carbocycles. The quantitative estimate of drug-likeness (QED) is 0.439. The summed E-state index contributed by atoms with van der Waals surface area (Å²) in [6.45, 7) is 8.02. The fourth-order valence-corrected chi connectivity index (χ4v) is 3.83. The third-order valence-corrected chi connectivity index (χ3v) is 5.30. The highest BCUT2D eigenvalue weighted by molar-refractivity contribution is 6.03. The molecule has 1 N–H and O–H groups in total. The van der Waals surface area contributed by atoms with Crippen molar-refractivity contribution < 1.29 is 4.58 Å². The molecule has 2 aromatic carbocycles. The number of nitrogens with one attached hydrogen (secondary N) is 1. The molecule has 26 heavy (non-hydrogen) atoms. The normalized spacial score (nSPS) is 15.5. The summed E-state index contributed by atoms with van der Waals surface area (Å²) in [4.78, 5) is 0. The van der Waals surface area contributed by atoms with E-state index in [2.05, 4.69) is 91.5 Å². The Morgan fingerprint density at radius 3 is 2.42 bits per heavy atom. The number of hydrogen-bond donors (Lipinski definition) is 1. The van der Waals surface area contributed by atoms with Crippen LogP contribution in [0.1, 0.15) is 52.0 Å². The molecule has 0 aliphatic carbocycles. The molecule has 0 amide bonds. The van der Waals surface area contributed by atoms with Gasteiger partial charge < -0.3 is 5.32 Å². The largest absolute Gasteiger partial charge is 0.361 e. The second-order valence-corrected chi connectivity index (χ2v) is 7.58. The van der Waals surface area contributed by atoms with Gasteiger partial charge in [0.2, 0.25) is 5.69 Å². The number of anilines is 1. The lowest BCUT2D eigenvalue weighted by Crippen LogP contribution is -2.28. The molecular weight excluding hydrogens is 316 g/mol. The van der Waals surface area contributed by atoms with Gasteiger partial charge in [0.15, 0.2) is 5.71 Å². The predicted molar refractivity (Wildman–Crippen MR) is 113 cm³/mol. The summed E-state index contributed by atoms with van der Waals surface area (Å²) >= 11 is 0. The van der Waals surface area contributed by atoms with Crippen molar-refractivity contribution in [3.8, 4) is 0 Å². The molecule has 0 radical (unpaired) electrons. The third kappa shape index (κ3) is 3.90. The van der Waals surface area contributed by atoms with Gasteiger partial charge in [-0.2, -0.15) is 4.58 Å². The molecule has 2 heteroatoms. The van der Waals surface area contributed by atoms with Crippen LogP contribution in [0.15, 0.2) is 66.9 Å². The van der Waals surface area contributed by atoms with Crippen molar-refractivity contribution in [2.75, 3.05) is 11.9 Å². The Labute approximate surface area is 158 Å². The molecule has 3 rings (SSSR count). The molecule has 0 aromatic heterocycles. The number of hydrogen-bond acceptors (Lipinski definition) is 1. The third-order valence-electron chi connectivity index (χ3n) is 5.30. The molecule has 0 saturated heterocycles. The van der Waals surface area contributed by atoms with Gasteiger partial charge in [-0.1, -0.05) is 56.2 Å². The van der Waals surface area contributed by atoms with Crippen molar-refractivity contribution in [3.05, 3.63) is 72.4 Å². The van der Waals surface area contributed by atoms with E-state index in [9.17, 15) is 0 Å². The van der Waals surface area contributed by atoms with E-state index < -0.39 is 0 Å². The number of benzene rings is 2.